The number of carbonyl (C=O) groups is 2. The normalized spacial score (nSPS) is 29.7. The molecule has 1 N–H and O–H groups in total. The lowest BCUT2D eigenvalue weighted by molar-refractivity contribution is -0.144. The topological polar surface area (TPSA) is 63.6 Å². The number of aliphatic hydroxyl groups is 1. The molecule has 104 valence electrons. The summed E-state index contributed by atoms with van der Waals surface area (Å²) < 4.78 is 5.53. The lowest BCUT2D eigenvalue weighted by atomic mass is 9.80. The van der Waals surface area contributed by atoms with Crippen LogP contribution in [0, 0.1) is 0 Å². The van der Waals surface area contributed by atoms with Gasteiger partial charge in [-0.25, -0.2) is 0 Å². The zero-order valence-corrected chi connectivity index (χ0v) is 11.3. The average Bonchev–Trinajstić information content (AvgIpc) is 2.46. The zero-order valence-electron chi connectivity index (χ0n) is 11.3. The quantitative estimate of drug-likeness (QED) is 0.743. The molecule has 0 aromatic carbocycles. The second kappa shape index (κ2) is 4.56. The summed E-state index contributed by atoms with van der Waals surface area (Å²) in [5.41, 5.74) is -0.0765. The first-order valence-electron chi connectivity index (χ1n) is 6.82. The van der Waals surface area contributed by atoms with Crippen molar-refractivity contribution in [2.75, 3.05) is 0 Å². The van der Waals surface area contributed by atoms with Gasteiger partial charge < -0.3 is 9.84 Å². The van der Waals surface area contributed by atoms with Crippen molar-refractivity contribution in [3.05, 3.63) is 47.0 Å². The zero-order chi connectivity index (χ0) is 14.3. The van der Waals surface area contributed by atoms with Crippen LogP contribution in [0.4, 0.5) is 0 Å². The Kier molecular flexibility index (Phi) is 2.98. The maximum atomic E-state index is 12.1. The fourth-order valence-corrected chi connectivity index (χ4v) is 2.63. The van der Waals surface area contributed by atoms with Gasteiger partial charge in [-0.1, -0.05) is 6.08 Å². The van der Waals surface area contributed by atoms with Crippen molar-refractivity contribution in [3.8, 4) is 0 Å². The number of ether oxygens (including phenoxy) is 1. The number of rotatable bonds is 1. The molecular weight excluding hydrogens is 256 g/mol. The highest BCUT2D eigenvalue weighted by molar-refractivity contribution is 6.25. The fourth-order valence-electron chi connectivity index (χ4n) is 2.63. The molecule has 0 aromatic rings. The van der Waals surface area contributed by atoms with Crippen molar-refractivity contribution in [2.45, 2.75) is 38.2 Å². The van der Waals surface area contributed by atoms with Gasteiger partial charge in [0, 0.05) is 0 Å². The smallest absolute Gasteiger partial charge is 0.205 e. The monoisotopic (exact) mass is 272 g/mol. The van der Waals surface area contributed by atoms with E-state index in [4.69, 9.17) is 4.74 Å². The van der Waals surface area contributed by atoms with Gasteiger partial charge in [0.25, 0.3) is 0 Å². The van der Waals surface area contributed by atoms with E-state index in [1.807, 2.05) is 0 Å². The van der Waals surface area contributed by atoms with Crippen LogP contribution >= 0.6 is 0 Å². The molecule has 2 aliphatic carbocycles. The summed E-state index contributed by atoms with van der Waals surface area (Å²) in [6.07, 6.45) is 10.8. The molecule has 0 spiro atoms. The Labute approximate surface area is 117 Å². The molecular formula is C16H16O4. The molecule has 1 aliphatic heterocycles. The molecule has 0 saturated carbocycles. The Balaban J connectivity index is 1.98. The van der Waals surface area contributed by atoms with Gasteiger partial charge >= 0.3 is 0 Å². The number of allylic oxidation sites excluding steroid dienone is 4. The minimum Gasteiger partial charge on any atom is -0.464 e. The minimum atomic E-state index is -1.98. The van der Waals surface area contributed by atoms with Gasteiger partial charge in [-0.05, 0) is 55.9 Å². The van der Waals surface area contributed by atoms with Gasteiger partial charge in [0.2, 0.25) is 5.78 Å². The van der Waals surface area contributed by atoms with Crippen LogP contribution in [0.15, 0.2) is 47.0 Å². The van der Waals surface area contributed by atoms with Gasteiger partial charge in [0.15, 0.2) is 11.4 Å². The van der Waals surface area contributed by atoms with Gasteiger partial charge in [-0.2, -0.15) is 0 Å². The lowest BCUT2D eigenvalue weighted by Crippen LogP contribution is -2.46. The molecule has 0 fully saturated rings. The van der Waals surface area contributed by atoms with Crippen LogP contribution in [-0.2, 0) is 14.3 Å². The van der Waals surface area contributed by atoms with E-state index >= 15 is 0 Å². The van der Waals surface area contributed by atoms with Gasteiger partial charge in [0.05, 0.1) is 5.57 Å². The summed E-state index contributed by atoms with van der Waals surface area (Å²) >= 11 is 0. The number of carbonyl (C=O) groups excluding carboxylic acids is 2. The molecule has 0 amide bonds. The van der Waals surface area contributed by atoms with Gasteiger partial charge in [0.1, 0.15) is 12.0 Å². The molecule has 1 atom stereocenters. The largest absolute Gasteiger partial charge is 0.464 e. The molecule has 4 heteroatoms. The maximum Gasteiger partial charge on any atom is 0.205 e. The Hall–Kier alpha value is -1.94. The summed E-state index contributed by atoms with van der Waals surface area (Å²) in [6, 6.07) is 0. The molecule has 0 radical (unpaired) electrons. The van der Waals surface area contributed by atoms with E-state index in [9.17, 15) is 14.7 Å². The number of Topliss-reactive ketones (excluding diaryl/α,β-unsaturated/α-hetero) is 1. The lowest BCUT2D eigenvalue weighted by Gasteiger charge is -2.28. The molecule has 0 bridgehead atoms. The third kappa shape index (κ3) is 1.96. The van der Waals surface area contributed by atoms with Crippen LogP contribution in [0.1, 0.15) is 32.6 Å². The second-order valence-corrected chi connectivity index (χ2v) is 5.50. The highest BCUT2D eigenvalue weighted by Gasteiger charge is 2.44. The maximum absolute atomic E-state index is 12.1. The second-order valence-electron chi connectivity index (χ2n) is 5.50. The average molecular weight is 272 g/mol. The van der Waals surface area contributed by atoms with Crippen LogP contribution in [0.3, 0.4) is 0 Å². The van der Waals surface area contributed by atoms with Crippen molar-refractivity contribution in [1.29, 1.82) is 0 Å². The van der Waals surface area contributed by atoms with E-state index in [0.29, 0.717) is 11.3 Å². The van der Waals surface area contributed by atoms with Crippen LogP contribution in [0.25, 0.3) is 0 Å². The van der Waals surface area contributed by atoms with E-state index in [2.05, 4.69) is 6.08 Å². The molecule has 1 heterocycles. The Morgan fingerprint density at radius 2 is 2.05 bits per heavy atom. The molecule has 4 nitrogen and oxygen atoms in total. The van der Waals surface area contributed by atoms with E-state index in [0.717, 1.165) is 24.8 Å². The number of hydrogen-bond donors (Lipinski definition) is 1. The summed E-state index contributed by atoms with van der Waals surface area (Å²) in [5.74, 6) is -0.487. The van der Waals surface area contributed by atoms with Crippen molar-refractivity contribution in [2.24, 2.45) is 0 Å². The first kappa shape index (κ1) is 13.1. The van der Waals surface area contributed by atoms with Crippen LogP contribution in [-0.4, -0.2) is 22.3 Å². The van der Waals surface area contributed by atoms with Gasteiger partial charge in [-0.15, -0.1) is 0 Å². The van der Waals surface area contributed by atoms with Crippen LogP contribution in [0.2, 0.25) is 0 Å². The summed E-state index contributed by atoms with van der Waals surface area (Å²) in [7, 11) is 0. The number of hydrogen-bond acceptors (Lipinski definition) is 4. The molecule has 3 rings (SSSR count). The van der Waals surface area contributed by atoms with Crippen molar-refractivity contribution >= 4 is 11.6 Å². The van der Waals surface area contributed by atoms with E-state index in [-0.39, 0.29) is 5.57 Å². The third-order valence-corrected chi connectivity index (χ3v) is 3.96. The Morgan fingerprint density at radius 3 is 2.75 bits per heavy atom. The summed E-state index contributed by atoms with van der Waals surface area (Å²) in [5, 5.41) is 9.89. The summed E-state index contributed by atoms with van der Waals surface area (Å²) in [6.45, 7) is 1.22. The molecule has 20 heavy (non-hydrogen) atoms. The minimum absolute atomic E-state index is 0.259. The highest BCUT2D eigenvalue weighted by Crippen LogP contribution is 2.34. The van der Waals surface area contributed by atoms with Crippen molar-refractivity contribution in [1.82, 2.24) is 0 Å². The van der Waals surface area contributed by atoms with Gasteiger partial charge in [-0.3, -0.25) is 9.59 Å². The van der Waals surface area contributed by atoms with E-state index in [1.165, 1.54) is 25.7 Å². The molecule has 3 aliphatic rings. The summed E-state index contributed by atoms with van der Waals surface area (Å²) in [4.78, 5) is 23.9. The van der Waals surface area contributed by atoms with Crippen LogP contribution < -0.4 is 0 Å². The van der Waals surface area contributed by atoms with Crippen molar-refractivity contribution < 1.29 is 19.4 Å². The van der Waals surface area contributed by atoms with Crippen molar-refractivity contribution in [3.63, 3.8) is 0 Å². The molecule has 1 unspecified atom stereocenters. The standard InChI is InChI=1S/C16H16O4/c1-16(19)14(17)8-11-7-13(10-5-3-2-4-6-10)20-9-12(11)15(16)18/h5,7-9,19H,2-4,6H2,1H3. The van der Waals surface area contributed by atoms with E-state index in [1.54, 1.807) is 6.08 Å². The van der Waals surface area contributed by atoms with Crippen LogP contribution in [0.5, 0.6) is 0 Å². The SMILES string of the molecule is CC1(O)C(=O)C=C2C=C(C3=CCCCC3)OC=C2C1=O. The Morgan fingerprint density at radius 1 is 1.25 bits per heavy atom. The predicted octanol–water partition coefficient (Wildman–Crippen LogP) is 2.11. The molecule has 0 aromatic heterocycles. The van der Waals surface area contributed by atoms with E-state index < -0.39 is 17.2 Å². The predicted molar refractivity (Wildman–Crippen MR) is 72.5 cm³/mol. The number of fused-ring (bicyclic) bond motifs is 1. The fraction of sp³-hybridized carbons (Fsp3) is 0.375. The number of ketones is 2. The first-order valence-corrected chi connectivity index (χ1v) is 6.82. The third-order valence-electron chi connectivity index (χ3n) is 3.96. The highest BCUT2D eigenvalue weighted by atomic mass is 16.5. The molecule has 0 saturated heterocycles. The Bertz CT molecular complexity index is 614. The first-order chi connectivity index (χ1) is 9.50.